The smallest absolute Gasteiger partial charge is 0.134 e. The SMILES string of the molecule is C/C=C(/Br)C(=N)N(C)C. The van der Waals surface area contributed by atoms with Gasteiger partial charge >= 0.3 is 0 Å². The van der Waals surface area contributed by atoms with Gasteiger partial charge in [0.2, 0.25) is 0 Å². The van der Waals surface area contributed by atoms with E-state index < -0.39 is 0 Å². The van der Waals surface area contributed by atoms with Crippen LogP contribution >= 0.6 is 15.9 Å². The summed E-state index contributed by atoms with van der Waals surface area (Å²) in [5, 5.41) is 7.36. The molecule has 3 heteroatoms. The molecular formula is C6H11BrN2. The largest absolute Gasteiger partial charge is 0.362 e. The molecule has 0 atom stereocenters. The van der Waals surface area contributed by atoms with Crippen LogP contribution in [0.15, 0.2) is 10.6 Å². The van der Waals surface area contributed by atoms with Crippen molar-refractivity contribution in [3.05, 3.63) is 10.6 Å². The maximum Gasteiger partial charge on any atom is 0.134 e. The highest BCUT2D eigenvalue weighted by Crippen LogP contribution is 2.06. The summed E-state index contributed by atoms with van der Waals surface area (Å²) in [5.74, 6) is 0.498. The minimum Gasteiger partial charge on any atom is -0.362 e. The number of likely N-dealkylation sites (N-methyl/N-ethyl adjacent to an activating group) is 1. The molecule has 0 radical (unpaired) electrons. The minimum absolute atomic E-state index is 0.498. The van der Waals surface area contributed by atoms with Gasteiger partial charge in [-0.15, -0.1) is 0 Å². The van der Waals surface area contributed by atoms with Gasteiger partial charge in [-0.05, 0) is 22.9 Å². The molecule has 9 heavy (non-hydrogen) atoms. The first-order valence-corrected chi connectivity index (χ1v) is 3.47. The molecule has 0 amide bonds. The average molecular weight is 191 g/mol. The molecule has 0 aromatic rings. The maximum atomic E-state index is 7.36. The lowest BCUT2D eigenvalue weighted by Crippen LogP contribution is -2.20. The molecule has 0 fully saturated rings. The maximum absolute atomic E-state index is 7.36. The third kappa shape index (κ3) is 2.65. The molecule has 0 saturated heterocycles. The molecule has 2 nitrogen and oxygen atoms in total. The molecule has 0 rings (SSSR count). The Hall–Kier alpha value is -0.310. The summed E-state index contributed by atoms with van der Waals surface area (Å²) in [4.78, 5) is 1.74. The molecule has 0 heterocycles. The normalized spacial score (nSPS) is 11.3. The van der Waals surface area contributed by atoms with Crippen LogP contribution in [0.2, 0.25) is 0 Å². The lowest BCUT2D eigenvalue weighted by atomic mass is 10.4. The first kappa shape index (κ1) is 8.69. The van der Waals surface area contributed by atoms with E-state index >= 15 is 0 Å². The van der Waals surface area contributed by atoms with Crippen LogP contribution in [0.3, 0.4) is 0 Å². The van der Waals surface area contributed by atoms with Crippen LogP contribution in [0.4, 0.5) is 0 Å². The Morgan fingerprint density at radius 2 is 2.00 bits per heavy atom. The number of rotatable bonds is 1. The van der Waals surface area contributed by atoms with Gasteiger partial charge in [-0.3, -0.25) is 5.41 Å². The van der Waals surface area contributed by atoms with Crippen molar-refractivity contribution in [1.29, 1.82) is 5.41 Å². The number of allylic oxidation sites excluding steroid dienone is 1. The second kappa shape index (κ2) is 3.67. The predicted molar refractivity (Wildman–Crippen MR) is 44.1 cm³/mol. The Morgan fingerprint density at radius 1 is 1.56 bits per heavy atom. The van der Waals surface area contributed by atoms with E-state index in [4.69, 9.17) is 5.41 Å². The summed E-state index contributed by atoms with van der Waals surface area (Å²) in [5.41, 5.74) is 0. The molecule has 0 unspecified atom stereocenters. The Morgan fingerprint density at radius 3 is 2.11 bits per heavy atom. The number of hydrogen-bond acceptors (Lipinski definition) is 1. The van der Waals surface area contributed by atoms with E-state index in [0.29, 0.717) is 5.84 Å². The van der Waals surface area contributed by atoms with Crippen molar-refractivity contribution < 1.29 is 0 Å². The number of amidine groups is 1. The highest BCUT2D eigenvalue weighted by atomic mass is 79.9. The second-order valence-electron chi connectivity index (χ2n) is 1.88. The van der Waals surface area contributed by atoms with Gasteiger partial charge < -0.3 is 4.90 Å². The number of hydrogen-bond donors (Lipinski definition) is 1. The fourth-order valence-corrected chi connectivity index (χ4v) is 0.705. The van der Waals surface area contributed by atoms with E-state index in [0.717, 1.165) is 4.48 Å². The topological polar surface area (TPSA) is 27.1 Å². The van der Waals surface area contributed by atoms with E-state index in [2.05, 4.69) is 15.9 Å². The van der Waals surface area contributed by atoms with Crippen molar-refractivity contribution in [2.45, 2.75) is 6.92 Å². The average Bonchev–Trinajstić information content (AvgIpc) is 1.84. The van der Waals surface area contributed by atoms with Gasteiger partial charge in [-0.2, -0.15) is 0 Å². The van der Waals surface area contributed by atoms with Crippen LogP contribution in [0.1, 0.15) is 6.92 Å². The van der Waals surface area contributed by atoms with Gasteiger partial charge in [-0.1, -0.05) is 6.08 Å². The fraction of sp³-hybridized carbons (Fsp3) is 0.500. The van der Waals surface area contributed by atoms with E-state index in [9.17, 15) is 0 Å². The fourth-order valence-electron chi connectivity index (χ4n) is 0.350. The number of halogens is 1. The van der Waals surface area contributed by atoms with Crippen LogP contribution in [-0.4, -0.2) is 24.8 Å². The summed E-state index contributed by atoms with van der Waals surface area (Å²) in [6.45, 7) is 1.89. The van der Waals surface area contributed by atoms with Crippen LogP contribution in [-0.2, 0) is 0 Å². The van der Waals surface area contributed by atoms with Crippen molar-refractivity contribution in [3.8, 4) is 0 Å². The number of nitrogens with one attached hydrogen (secondary N) is 1. The van der Waals surface area contributed by atoms with Crippen molar-refractivity contribution in [2.75, 3.05) is 14.1 Å². The van der Waals surface area contributed by atoms with Crippen molar-refractivity contribution in [1.82, 2.24) is 4.90 Å². The lowest BCUT2D eigenvalue weighted by Gasteiger charge is -2.11. The zero-order valence-electron chi connectivity index (χ0n) is 5.90. The second-order valence-corrected chi connectivity index (χ2v) is 2.73. The summed E-state index contributed by atoms with van der Waals surface area (Å²) in [6.07, 6.45) is 1.85. The Bertz CT molecular complexity index is 138. The van der Waals surface area contributed by atoms with E-state index in [1.807, 2.05) is 27.1 Å². The Labute approximate surface area is 64.2 Å². The van der Waals surface area contributed by atoms with Crippen molar-refractivity contribution >= 4 is 21.8 Å². The van der Waals surface area contributed by atoms with Crippen LogP contribution in [0.5, 0.6) is 0 Å². The standard InChI is InChI=1S/C6H11BrN2/c1-4-5(7)6(8)9(2)3/h4,8H,1-3H3/b5-4+,8-6?. The summed E-state index contributed by atoms with van der Waals surface area (Å²) in [6, 6.07) is 0. The van der Waals surface area contributed by atoms with Crippen molar-refractivity contribution in [3.63, 3.8) is 0 Å². The number of nitrogens with zero attached hydrogens (tertiary/aromatic N) is 1. The van der Waals surface area contributed by atoms with Crippen LogP contribution in [0, 0.1) is 5.41 Å². The van der Waals surface area contributed by atoms with E-state index in [1.165, 1.54) is 0 Å². The first-order chi connectivity index (χ1) is 4.09. The van der Waals surface area contributed by atoms with Crippen LogP contribution < -0.4 is 0 Å². The highest BCUT2D eigenvalue weighted by Gasteiger charge is 1.99. The zero-order chi connectivity index (χ0) is 7.44. The van der Waals surface area contributed by atoms with Gasteiger partial charge in [0.05, 0.1) is 4.48 Å². The summed E-state index contributed by atoms with van der Waals surface area (Å²) in [7, 11) is 3.68. The first-order valence-electron chi connectivity index (χ1n) is 2.67. The molecule has 0 bridgehead atoms. The van der Waals surface area contributed by atoms with Crippen LogP contribution in [0.25, 0.3) is 0 Å². The molecule has 1 N–H and O–H groups in total. The monoisotopic (exact) mass is 190 g/mol. The summed E-state index contributed by atoms with van der Waals surface area (Å²) < 4.78 is 0.826. The van der Waals surface area contributed by atoms with Crippen molar-refractivity contribution in [2.24, 2.45) is 0 Å². The molecule has 0 aromatic heterocycles. The highest BCUT2D eigenvalue weighted by molar-refractivity contribution is 9.12. The molecule has 0 aromatic carbocycles. The third-order valence-electron chi connectivity index (χ3n) is 0.927. The molecule has 0 aliphatic heterocycles. The molecule has 52 valence electrons. The van der Waals surface area contributed by atoms with Gasteiger partial charge in [0.1, 0.15) is 5.84 Å². The molecule has 0 saturated carbocycles. The van der Waals surface area contributed by atoms with E-state index in [1.54, 1.807) is 4.90 Å². The lowest BCUT2D eigenvalue weighted by molar-refractivity contribution is 0.621. The van der Waals surface area contributed by atoms with Gasteiger partial charge in [0.15, 0.2) is 0 Å². The molecule has 0 aliphatic rings. The summed E-state index contributed by atoms with van der Waals surface area (Å²) >= 11 is 3.24. The third-order valence-corrected chi connectivity index (χ3v) is 1.76. The molecule has 0 aliphatic carbocycles. The predicted octanol–water partition coefficient (Wildman–Crippen LogP) is 1.82. The van der Waals surface area contributed by atoms with E-state index in [-0.39, 0.29) is 0 Å². The Kier molecular flexibility index (Phi) is 3.54. The molecular weight excluding hydrogens is 180 g/mol. The minimum atomic E-state index is 0.498. The van der Waals surface area contributed by atoms with Gasteiger partial charge in [-0.25, -0.2) is 0 Å². The van der Waals surface area contributed by atoms with Gasteiger partial charge in [0, 0.05) is 14.1 Å². The quantitative estimate of drug-likeness (QED) is 0.496. The van der Waals surface area contributed by atoms with Gasteiger partial charge in [0.25, 0.3) is 0 Å². The Balaban J connectivity index is 4.06. The molecule has 0 spiro atoms. The zero-order valence-corrected chi connectivity index (χ0v) is 7.49.